The summed E-state index contributed by atoms with van der Waals surface area (Å²) in [5, 5.41) is 18.8. The SMILES string of the molecule is Cc1ccc(-c2nc(N(C)C[C@@H](O)CO)ncc2-c2ccccc2C)cc1. The van der Waals surface area contributed by atoms with Crippen molar-refractivity contribution in [2.75, 3.05) is 25.1 Å². The van der Waals surface area contributed by atoms with Gasteiger partial charge in [0, 0.05) is 30.9 Å². The van der Waals surface area contributed by atoms with Crippen LogP contribution in [0.2, 0.25) is 0 Å². The molecular weight excluding hydrogens is 338 g/mol. The van der Waals surface area contributed by atoms with Gasteiger partial charge in [-0.3, -0.25) is 0 Å². The molecule has 2 aromatic carbocycles. The van der Waals surface area contributed by atoms with Crippen LogP contribution in [0.1, 0.15) is 11.1 Å². The molecule has 0 aliphatic heterocycles. The lowest BCUT2D eigenvalue weighted by Crippen LogP contribution is -2.32. The molecule has 0 amide bonds. The number of aromatic nitrogens is 2. The van der Waals surface area contributed by atoms with Gasteiger partial charge in [0.05, 0.1) is 18.4 Å². The molecule has 27 heavy (non-hydrogen) atoms. The van der Waals surface area contributed by atoms with Gasteiger partial charge in [0.15, 0.2) is 0 Å². The van der Waals surface area contributed by atoms with E-state index in [9.17, 15) is 5.11 Å². The van der Waals surface area contributed by atoms with Crippen LogP contribution in [-0.4, -0.2) is 46.5 Å². The molecule has 5 nitrogen and oxygen atoms in total. The fourth-order valence-electron chi connectivity index (χ4n) is 3.02. The van der Waals surface area contributed by atoms with Gasteiger partial charge < -0.3 is 15.1 Å². The number of aliphatic hydroxyl groups excluding tert-OH is 2. The van der Waals surface area contributed by atoms with Gasteiger partial charge in [0.2, 0.25) is 5.95 Å². The fraction of sp³-hybridized carbons (Fsp3) is 0.273. The Morgan fingerprint density at radius 3 is 2.37 bits per heavy atom. The summed E-state index contributed by atoms with van der Waals surface area (Å²) in [4.78, 5) is 11.1. The van der Waals surface area contributed by atoms with E-state index in [0.717, 1.165) is 27.9 Å². The van der Waals surface area contributed by atoms with Crippen LogP contribution in [-0.2, 0) is 0 Å². The highest BCUT2D eigenvalue weighted by molar-refractivity contribution is 5.82. The maximum Gasteiger partial charge on any atom is 0.225 e. The molecule has 5 heteroatoms. The lowest BCUT2D eigenvalue weighted by atomic mass is 9.97. The van der Waals surface area contributed by atoms with E-state index in [-0.39, 0.29) is 13.2 Å². The number of aliphatic hydroxyl groups is 2. The van der Waals surface area contributed by atoms with Crippen LogP contribution in [0.15, 0.2) is 54.7 Å². The van der Waals surface area contributed by atoms with E-state index in [2.05, 4.69) is 55.2 Å². The molecule has 1 heterocycles. The molecule has 0 saturated carbocycles. The van der Waals surface area contributed by atoms with Crippen LogP contribution in [0.25, 0.3) is 22.4 Å². The molecule has 0 radical (unpaired) electrons. The highest BCUT2D eigenvalue weighted by Crippen LogP contribution is 2.33. The first kappa shape index (κ1) is 19.0. The summed E-state index contributed by atoms with van der Waals surface area (Å²) in [7, 11) is 1.81. The Morgan fingerprint density at radius 2 is 1.70 bits per heavy atom. The predicted octanol–water partition coefficient (Wildman–Crippen LogP) is 3.22. The minimum absolute atomic E-state index is 0.257. The van der Waals surface area contributed by atoms with E-state index in [1.54, 1.807) is 11.9 Å². The quantitative estimate of drug-likeness (QED) is 0.704. The van der Waals surface area contributed by atoms with Crippen LogP contribution in [0.5, 0.6) is 0 Å². The number of anilines is 1. The first-order valence-corrected chi connectivity index (χ1v) is 8.99. The van der Waals surface area contributed by atoms with Crippen molar-refractivity contribution in [1.82, 2.24) is 9.97 Å². The molecule has 140 valence electrons. The number of aryl methyl sites for hydroxylation is 2. The molecule has 0 aliphatic rings. The van der Waals surface area contributed by atoms with E-state index in [4.69, 9.17) is 10.1 Å². The molecule has 1 atom stereocenters. The van der Waals surface area contributed by atoms with Gasteiger partial charge in [-0.1, -0.05) is 54.1 Å². The average molecular weight is 363 g/mol. The zero-order valence-electron chi connectivity index (χ0n) is 15.9. The number of likely N-dealkylation sites (N-methyl/N-ethyl adjacent to an activating group) is 1. The second kappa shape index (κ2) is 8.29. The summed E-state index contributed by atoms with van der Waals surface area (Å²) in [6.45, 7) is 4.09. The Kier molecular flexibility index (Phi) is 5.84. The summed E-state index contributed by atoms with van der Waals surface area (Å²) in [6, 6.07) is 16.4. The van der Waals surface area contributed by atoms with E-state index >= 15 is 0 Å². The van der Waals surface area contributed by atoms with Crippen molar-refractivity contribution >= 4 is 5.95 Å². The number of rotatable bonds is 6. The molecule has 0 fully saturated rings. The number of benzene rings is 2. The smallest absolute Gasteiger partial charge is 0.225 e. The van der Waals surface area contributed by atoms with E-state index in [1.807, 2.05) is 18.3 Å². The van der Waals surface area contributed by atoms with Gasteiger partial charge in [-0.05, 0) is 25.0 Å². The lowest BCUT2D eigenvalue weighted by Gasteiger charge is -2.21. The molecule has 0 unspecified atom stereocenters. The molecular formula is C22H25N3O2. The molecule has 0 aliphatic carbocycles. The third kappa shape index (κ3) is 4.32. The standard InChI is InChI=1S/C22H25N3O2/c1-15-8-10-17(11-9-15)21-20(19-7-5-4-6-16(19)2)12-23-22(24-21)25(3)13-18(27)14-26/h4-12,18,26-27H,13-14H2,1-3H3/t18-/m1/s1. The normalized spacial score (nSPS) is 12.0. The first-order valence-electron chi connectivity index (χ1n) is 8.99. The minimum Gasteiger partial charge on any atom is -0.394 e. The Bertz CT molecular complexity index is 910. The minimum atomic E-state index is -0.836. The van der Waals surface area contributed by atoms with Gasteiger partial charge in [0.25, 0.3) is 0 Å². The monoisotopic (exact) mass is 363 g/mol. The van der Waals surface area contributed by atoms with Gasteiger partial charge >= 0.3 is 0 Å². The van der Waals surface area contributed by atoms with E-state index in [0.29, 0.717) is 5.95 Å². The van der Waals surface area contributed by atoms with Gasteiger partial charge in [0.1, 0.15) is 0 Å². The molecule has 1 aromatic heterocycles. The average Bonchev–Trinajstić information content (AvgIpc) is 2.68. The summed E-state index contributed by atoms with van der Waals surface area (Å²) in [5.74, 6) is 0.510. The first-order chi connectivity index (χ1) is 13.0. The fourth-order valence-corrected chi connectivity index (χ4v) is 3.02. The van der Waals surface area contributed by atoms with Crippen LogP contribution in [0.3, 0.4) is 0 Å². The molecule has 2 N–H and O–H groups in total. The highest BCUT2D eigenvalue weighted by atomic mass is 16.3. The maximum atomic E-state index is 9.73. The Hall–Kier alpha value is -2.76. The van der Waals surface area contributed by atoms with Crippen molar-refractivity contribution in [1.29, 1.82) is 0 Å². The molecule has 3 rings (SSSR count). The molecule has 0 spiro atoms. The number of nitrogens with zero attached hydrogens (tertiary/aromatic N) is 3. The second-order valence-corrected chi connectivity index (χ2v) is 6.83. The summed E-state index contributed by atoms with van der Waals surface area (Å²) >= 11 is 0. The van der Waals surface area contributed by atoms with Crippen molar-refractivity contribution in [3.05, 3.63) is 65.9 Å². The third-order valence-electron chi connectivity index (χ3n) is 4.57. The Morgan fingerprint density at radius 1 is 1.00 bits per heavy atom. The molecule has 0 bridgehead atoms. The van der Waals surface area contributed by atoms with Gasteiger partial charge in [-0.15, -0.1) is 0 Å². The predicted molar refractivity (Wildman–Crippen MR) is 109 cm³/mol. The lowest BCUT2D eigenvalue weighted by molar-refractivity contribution is 0.101. The van der Waals surface area contributed by atoms with Crippen molar-refractivity contribution in [3.8, 4) is 22.4 Å². The molecule has 3 aromatic rings. The summed E-state index contributed by atoms with van der Waals surface area (Å²) in [5.41, 5.74) is 6.27. The zero-order chi connectivity index (χ0) is 19.4. The number of hydrogen-bond donors (Lipinski definition) is 2. The second-order valence-electron chi connectivity index (χ2n) is 6.83. The zero-order valence-corrected chi connectivity index (χ0v) is 15.9. The van der Waals surface area contributed by atoms with Crippen molar-refractivity contribution in [3.63, 3.8) is 0 Å². The topological polar surface area (TPSA) is 69.5 Å². The number of hydrogen-bond acceptors (Lipinski definition) is 5. The van der Waals surface area contributed by atoms with E-state index in [1.165, 1.54) is 5.56 Å². The van der Waals surface area contributed by atoms with Crippen molar-refractivity contribution in [2.24, 2.45) is 0 Å². The van der Waals surface area contributed by atoms with Crippen LogP contribution in [0.4, 0.5) is 5.95 Å². The maximum absolute atomic E-state index is 9.73. The van der Waals surface area contributed by atoms with Crippen LogP contribution in [0, 0.1) is 13.8 Å². The van der Waals surface area contributed by atoms with Crippen molar-refractivity contribution < 1.29 is 10.2 Å². The van der Waals surface area contributed by atoms with Crippen LogP contribution < -0.4 is 4.90 Å². The highest BCUT2D eigenvalue weighted by Gasteiger charge is 2.16. The van der Waals surface area contributed by atoms with Gasteiger partial charge in [-0.25, -0.2) is 9.97 Å². The molecule has 0 saturated heterocycles. The third-order valence-corrected chi connectivity index (χ3v) is 4.57. The Labute approximate surface area is 160 Å². The van der Waals surface area contributed by atoms with E-state index < -0.39 is 6.10 Å². The largest absolute Gasteiger partial charge is 0.394 e. The van der Waals surface area contributed by atoms with Crippen molar-refractivity contribution in [2.45, 2.75) is 20.0 Å². The summed E-state index contributed by atoms with van der Waals surface area (Å²) < 4.78 is 0. The van der Waals surface area contributed by atoms with Crippen LogP contribution >= 0.6 is 0 Å². The van der Waals surface area contributed by atoms with Gasteiger partial charge in [-0.2, -0.15) is 0 Å². The Balaban J connectivity index is 2.11. The summed E-state index contributed by atoms with van der Waals surface area (Å²) in [6.07, 6.45) is 0.999.